The molecule has 8 heteroatoms. The first-order valence-electron chi connectivity index (χ1n) is 8.27. The number of ketones is 1. The van der Waals surface area contributed by atoms with Crippen LogP contribution in [-0.4, -0.2) is 23.0 Å². The summed E-state index contributed by atoms with van der Waals surface area (Å²) in [7, 11) is 0. The van der Waals surface area contributed by atoms with E-state index in [4.69, 9.17) is 0 Å². The Kier molecular flexibility index (Phi) is 6.55. The van der Waals surface area contributed by atoms with E-state index in [1.807, 2.05) is 0 Å². The standard InChI is InChI=1S/C19H19F3N2O3/c1-3-16(25)10-15-9-14(4-5-23-15)18(26)24-11-13-6-12(2)7-17(8-13)27-19(20,21)22/h4-9H,3,10-11H2,1-2H3,(H,24,26). The Morgan fingerprint density at radius 3 is 2.59 bits per heavy atom. The molecule has 2 aromatic rings. The number of hydrogen-bond donors (Lipinski definition) is 1. The van der Waals surface area contributed by atoms with Crippen molar-refractivity contribution >= 4 is 11.7 Å². The Bertz CT molecular complexity index is 835. The van der Waals surface area contributed by atoms with Crippen LogP contribution in [0.25, 0.3) is 0 Å². The van der Waals surface area contributed by atoms with Crippen LogP contribution < -0.4 is 10.1 Å². The Morgan fingerprint density at radius 2 is 1.93 bits per heavy atom. The number of hydrogen-bond acceptors (Lipinski definition) is 4. The molecule has 0 atom stereocenters. The molecule has 0 unspecified atom stereocenters. The van der Waals surface area contributed by atoms with E-state index in [-0.39, 0.29) is 24.5 Å². The molecule has 0 aliphatic heterocycles. The van der Waals surface area contributed by atoms with Gasteiger partial charge in [0.05, 0.1) is 0 Å². The Balaban J connectivity index is 2.05. The lowest BCUT2D eigenvalue weighted by atomic mass is 10.1. The highest BCUT2D eigenvalue weighted by Gasteiger charge is 2.31. The van der Waals surface area contributed by atoms with Crippen molar-refractivity contribution < 1.29 is 27.5 Å². The molecule has 2 rings (SSSR count). The molecule has 0 saturated heterocycles. The highest BCUT2D eigenvalue weighted by atomic mass is 19.4. The fourth-order valence-electron chi connectivity index (χ4n) is 2.45. The fraction of sp³-hybridized carbons (Fsp3) is 0.316. The van der Waals surface area contributed by atoms with Crippen molar-refractivity contribution in [2.24, 2.45) is 0 Å². The predicted octanol–water partition coefficient (Wildman–Crippen LogP) is 3.74. The molecule has 27 heavy (non-hydrogen) atoms. The van der Waals surface area contributed by atoms with E-state index < -0.39 is 12.3 Å². The van der Waals surface area contributed by atoms with Crippen LogP contribution in [0, 0.1) is 6.92 Å². The predicted molar refractivity (Wildman–Crippen MR) is 92.3 cm³/mol. The summed E-state index contributed by atoms with van der Waals surface area (Å²) in [4.78, 5) is 27.9. The van der Waals surface area contributed by atoms with Crippen molar-refractivity contribution in [1.82, 2.24) is 10.3 Å². The molecule has 0 aliphatic rings. The van der Waals surface area contributed by atoms with Gasteiger partial charge in [-0.25, -0.2) is 0 Å². The molecule has 1 heterocycles. The summed E-state index contributed by atoms with van der Waals surface area (Å²) in [5.74, 6) is -0.740. The topological polar surface area (TPSA) is 68.3 Å². The molecular formula is C19H19F3N2O3. The van der Waals surface area contributed by atoms with E-state index in [0.717, 1.165) is 0 Å². The summed E-state index contributed by atoms with van der Waals surface area (Å²) < 4.78 is 41.0. The number of Topliss-reactive ketones (excluding diaryl/α,β-unsaturated/α-hetero) is 1. The van der Waals surface area contributed by atoms with Crippen molar-refractivity contribution in [1.29, 1.82) is 0 Å². The van der Waals surface area contributed by atoms with Crippen LogP contribution >= 0.6 is 0 Å². The van der Waals surface area contributed by atoms with Gasteiger partial charge in [0.15, 0.2) is 0 Å². The number of nitrogens with zero attached hydrogens (tertiary/aromatic N) is 1. The fourth-order valence-corrected chi connectivity index (χ4v) is 2.45. The SMILES string of the molecule is CCC(=O)Cc1cc(C(=O)NCc2cc(C)cc(OC(F)(F)F)c2)ccn1. The van der Waals surface area contributed by atoms with Crippen LogP contribution in [0.2, 0.25) is 0 Å². The number of alkyl halides is 3. The van der Waals surface area contributed by atoms with Crippen LogP contribution in [0.15, 0.2) is 36.5 Å². The largest absolute Gasteiger partial charge is 0.573 e. The van der Waals surface area contributed by atoms with Gasteiger partial charge in [0.2, 0.25) is 0 Å². The number of aromatic nitrogens is 1. The van der Waals surface area contributed by atoms with Gasteiger partial charge in [0.25, 0.3) is 5.91 Å². The second-order valence-corrected chi connectivity index (χ2v) is 5.99. The van der Waals surface area contributed by atoms with E-state index in [2.05, 4.69) is 15.0 Å². The van der Waals surface area contributed by atoms with Crippen molar-refractivity contribution in [3.05, 3.63) is 58.9 Å². The normalized spacial score (nSPS) is 11.1. The first kappa shape index (κ1) is 20.4. The number of carbonyl (C=O) groups is 2. The van der Waals surface area contributed by atoms with Gasteiger partial charge in [0, 0.05) is 36.8 Å². The lowest BCUT2D eigenvalue weighted by Crippen LogP contribution is -2.23. The minimum absolute atomic E-state index is 0.0111. The number of aryl methyl sites for hydroxylation is 1. The number of amides is 1. The Morgan fingerprint density at radius 1 is 1.19 bits per heavy atom. The Labute approximate surface area is 154 Å². The smallest absolute Gasteiger partial charge is 0.406 e. The first-order valence-corrected chi connectivity index (χ1v) is 8.27. The first-order chi connectivity index (χ1) is 12.7. The maximum absolute atomic E-state index is 12.4. The third-order valence-electron chi connectivity index (χ3n) is 3.65. The van der Waals surface area contributed by atoms with Crippen molar-refractivity contribution in [2.45, 2.75) is 39.6 Å². The van der Waals surface area contributed by atoms with Crippen LogP contribution in [0.3, 0.4) is 0 Å². The van der Waals surface area contributed by atoms with E-state index in [1.54, 1.807) is 19.9 Å². The third kappa shape index (κ3) is 6.73. The second kappa shape index (κ2) is 8.66. The lowest BCUT2D eigenvalue weighted by Gasteiger charge is -2.12. The van der Waals surface area contributed by atoms with Crippen molar-refractivity contribution in [3.63, 3.8) is 0 Å². The molecule has 144 valence electrons. The van der Waals surface area contributed by atoms with E-state index in [1.165, 1.54) is 30.5 Å². The van der Waals surface area contributed by atoms with Crippen LogP contribution in [0.4, 0.5) is 13.2 Å². The molecule has 5 nitrogen and oxygen atoms in total. The van der Waals surface area contributed by atoms with Crippen LogP contribution in [-0.2, 0) is 17.8 Å². The molecule has 1 aromatic carbocycles. The van der Waals surface area contributed by atoms with E-state index >= 15 is 0 Å². The van der Waals surface area contributed by atoms with Gasteiger partial charge in [-0.3, -0.25) is 14.6 Å². The van der Waals surface area contributed by atoms with Gasteiger partial charge in [-0.2, -0.15) is 0 Å². The molecule has 0 saturated carbocycles. The maximum Gasteiger partial charge on any atom is 0.573 e. The zero-order chi connectivity index (χ0) is 20.0. The number of pyridine rings is 1. The zero-order valence-corrected chi connectivity index (χ0v) is 14.9. The summed E-state index contributed by atoms with van der Waals surface area (Å²) >= 11 is 0. The zero-order valence-electron chi connectivity index (χ0n) is 14.9. The summed E-state index contributed by atoms with van der Waals surface area (Å²) in [6, 6.07) is 7.17. The molecule has 0 fully saturated rings. The van der Waals surface area contributed by atoms with Gasteiger partial charge >= 0.3 is 6.36 Å². The Hall–Kier alpha value is -2.90. The molecule has 1 N–H and O–H groups in total. The lowest BCUT2D eigenvalue weighted by molar-refractivity contribution is -0.274. The number of benzene rings is 1. The molecule has 0 radical (unpaired) electrons. The van der Waals surface area contributed by atoms with Gasteiger partial charge in [0.1, 0.15) is 11.5 Å². The summed E-state index contributed by atoms with van der Waals surface area (Å²) in [6.45, 7) is 3.41. The molecular weight excluding hydrogens is 361 g/mol. The molecule has 1 amide bonds. The highest BCUT2D eigenvalue weighted by molar-refractivity contribution is 5.94. The number of carbonyl (C=O) groups excluding carboxylic acids is 2. The molecule has 1 aromatic heterocycles. The summed E-state index contributed by atoms with van der Waals surface area (Å²) in [5.41, 5.74) is 1.86. The van der Waals surface area contributed by atoms with Gasteiger partial charge in [-0.15, -0.1) is 13.2 Å². The number of rotatable bonds is 7. The average Bonchev–Trinajstić information content (AvgIpc) is 2.57. The summed E-state index contributed by atoms with van der Waals surface area (Å²) in [5, 5.41) is 2.64. The highest BCUT2D eigenvalue weighted by Crippen LogP contribution is 2.25. The monoisotopic (exact) mass is 380 g/mol. The number of halogens is 3. The van der Waals surface area contributed by atoms with E-state index in [0.29, 0.717) is 28.8 Å². The minimum atomic E-state index is -4.78. The molecule has 0 spiro atoms. The van der Waals surface area contributed by atoms with Crippen molar-refractivity contribution in [2.75, 3.05) is 0 Å². The van der Waals surface area contributed by atoms with Gasteiger partial charge in [-0.05, 0) is 42.3 Å². The van der Waals surface area contributed by atoms with Gasteiger partial charge in [-0.1, -0.05) is 13.0 Å². The van der Waals surface area contributed by atoms with Crippen LogP contribution in [0.1, 0.15) is 40.5 Å². The molecule has 0 aliphatic carbocycles. The second-order valence-electron chi connectivity index (χ2n) is 5.99. The number of nitrogens with one attached hydrogen (secondary N) is 1. The average molecular weight is 380 g/mol. The van der Waals surface area contributed by atoms with E-state index in [9.17, 15) is 22.8 Å². The number of ether oxygens (including phenoxy) is 1. The van der Waals surface area contributed by atoms with Gasteiger partial charge < -0.3 is 10.1 Å². The van der Waals surface area contributed by atoms with Crippen LogP contribution in [0.5, 0.6) is 5.75 Å². The van der Waals surface area contributed by atoms with Crippen molar-refractivity contribution in [3.8, 4) is 5.75 Å². The third-order valence-corrected chi connectivity index (χ3v) is 3.65. The minimum Gasteiger partial charge on any atom is -0.406 e. The summed E-state index contributed by atoms with van der Waals surface area (Å²) in [6.07, 6.45) is -2.81. The maximum atomic E-state index is 12.4. The molecule has 0 bridgehead atoms. The quantitative estimate of drug-likeness (QED) is 0.795.